The quantitative estimate of drug-likeness (QED) is 0.385. The molecule has 5 atom stereocenters. The first-order valence-corrected chi connectivity index (χ1v) is 13.2. The van der Waals surface area contributed by atoms with E-state index in [1.807, 2.05) is 18.4 Å². The number of ether oxygens (including phenoxy) is 4. The number of hydrogen-bond acceptors (Lipinski definition) is 9. The summed E-state index contributed by atoms with van der Waals surface area (Å²) < 4.78 is 38.5. The maximum Gasteiger partial charge on any atom is 0.296 e. The first-order valence-electron chi connectivity index (χ1n) is 12.0. The lowest BCUT2D eigenvalue weighted by Crippen LogP contribution is -2.34. The zero-order valence-corrected chi connectivity index (χ0v) is 21.2. The van der Waals surface area contributed by atoms with Crippen molar-refractivity contribution in [1.82, 2.24) is 19.9 Å². The smallest absolute Gasteiger partial charge is 0.296 e. The summed E-state index contributed by atoms with van der Waals surface area (Å²) in [5.41, 5.74) is 3.88. The molecule has 0 amide bonds. The molecule has 7 rings (SSSR count). The van der Waals surface area contributed by atoms with Crippen LogP contribution in [0.25, 0.3) is 22.4 Å². The number of pyridine rings is 1. The van der Waals surface area contributed by atoms with Gasteiger partial charge in [0.1, 0.15) is 35.3 Å². The highest BCUT2D eigenvalue weighted by molar-refractivity contribution is 7.09. The predicted molar refractivity (Wildman–Crippen MR) is 133 cm³/mol. The van der Waals surface area contributed by atoms with Gasteiger partial charge in [-0.3, -0.25) is 0 Å². The number of aromatic nitrogens is 4. The van der Waals surface area contributed by atoms with Gasteiger partial charge < -0.3 is 29.0 Å². The van der Waals surface area contributed by atoms with E-state index in [0.717, 1.165) is 21.8 Å². The van der Waals surface area contributed by atoms with Crippen LogP contribution in [0.2, 0.25) is 5.02 Å². The van der Waals surface area contributed by atoms with Gasteiger partial charge in [0.15, 0.2) is 11.8 Å². The third kappa shape index (κ3) is 4.05. The molecule has 2 aliphatic heterocycles. The van der Waals surface area contributed by atoms with Crippen LogP contribution >= 0.6 is 22.9 Å². The Kier molecular flexibility index (Phi) is 5.59. The number of rotatable bonds is 5. The molecule has 12 heteroatoms. The molecule has 37 heavy (non-hydrogen) atoms. The Balaban J connectivity index is 1.12. The van der Waals surface area contributed by atoms with Gasteiger partial charge in [0.05, 0.1) is 29.4 Å². The van der Waals surface area contributed by atoms with Gasteiger partial charge in [-0.25, -0.2) is 9.37 Å². The van der Waals surface area contributed by atoms with Crippen molar-refractivity contribution in [2.45, 2.75) is 50.3 Å². The van der Waals surface area contributed by atoms with Crippen molar-refractivity contribution < 1.29 is 28.4 Å². The van der Waals surface area contributed by atoms with Gasteiger partial charge >= 0.3 is 0 Å². The molecule has 1 aliphatic carbocycles. The molecule has 2 N–H and O–H groups in total. The van der Waals surface area contributed by atoms with E-state index in [-0.39, 0.29) is 42.0 Å². The van der Waals surface area contributed by atoms with Gasteiger partial charge in [-0.05, 0) is 43.5 Å². The minimum atomic E-state index is -0.664. The molecule has 192 valence electrons. The van der Waals surface area contributed by atoms with E-state index < -0.39 is 24.4 Å². The summed E-state index contributed by atoms with van der Waals surface area (Å²) in [6, 6.07) is 5.38. The number of aliphatic hydroxyl groups excluding tert-OH is 1. The van der Waals surface area contributed by atoms with E-state index in [9.17, 15) is 5.11 Å². The van der Waals surface area contributed by atoms with Crippen LogP contribution in [-0.4, -0.2) is 62.7 Å². The van der Waals surface area contributed by atoms with Gasteiger partial charge in [0.2, 0.25) is 5.88 Å². The standard InChI is InChI=1S/C25H22ClFN4O5S/c1-10-28-16(9-37-10)12-4-11-2-3-18(20(11)14(27)5-12)35-24-13(26)6-15-23(30-24)31-25(29-15)36-19-8-34-21-17(32)7-33-22(19)21/h4-6,9,17-19,21-22,32H,2-3,7-8H2,1H3,(H,29,30,31)/t17-,18?,19-,21-,22-/m1/s1. The number of imidazole rings is 1. The van der Waals surface area contributed by atoms with Crippen LogP contribution in [0.4, 0.5) is 4.39 Å². The van der Waals surface area contributed by atoms with Crippen molar-refractivity contribution in [3.8, 4) is 23.1 Å². The number of nitrogens with zero attached hydrogens (tertiary/aromatic N) is 3. The third-order valence-corrected chi connectivity index (χ3v) is 8.04. The summed E-state index contributed by atoms with van der Waals surface area (Å²) in [5, 5.41) is 13.1. The fraction of sp³-hybridized carbons (Fsp3) is 0.400. The summed E-state index contributed by atoms with van der Waals surface area (Å²) >= 11 is 8.02. The second-order valence-electron chi connectivity index (χ2n) is 9.44. The zero-order valence-electron chi connectivity index (χ0n) is 19.6. The lowest BCUT2D eigenvalue weighted by atomic mass is 10.0. The number of thiazole rings is 1. The number of fused-ring (bicyclic) bond motifs is 3. The lowest BCUT2D eigenvalue weighted by molar-refractivity contribution is 0.00706. The fourth-order valence-corrected chi connectivity index (χ4v) is 6.09. The van der Waals surface area contributed by atoms with Crippen molar-refractivity contribution in [3.05, 3.63) is 50.6 Å². The Labute approximate surface area is 219 Å². The average molecular weight is 545 g/mol. The largest absolute Gasteiger partial charge is 0.468 e. The van der Waals surface area contributed by atoms with Crippen LogP contribution in [0.5, 0.6) is 11.9 Å². The molecule has 0 saturated carbocycles. The number of hydrogen-bond donors (Lipinski definition) is 2. The van der Waals surface area contributed by atoms with Crippen molar-refractivity contribution >= 4 is 34.1 Å². The fourth-order valence-electron chi connectivity index (χ4n) is 5.28. The number of benzene rings is 1. The number of aliphatic hydroxyl groups is 1. The van der Waals surface area contributed by atoms with Gasteiger partial charge in [-0.1, -0.05) is 11.6 Å². The van der Waals surface area contributed by atoms with Gasteiger partial charge in [0.25, 0.3) is 6.01 Å². The monoisotopic (exact) mass is 544 g/mol. The predicted octanol–water partition coefficient (Wildman–Crippen LogP) is 4.15. The lowest BCUT2D eigenvalue weighted by Gasteiger charge is -2.16. The number of aromatic amines is 1. The molecule has 3 aliphatic rings. The second-order valence-corrected chi connectivity index (χ2v) is 10.9. The van der Waals surface area contributed by atoms with Gasteiger partial charge in [0, 0.05) is 16.5 Å². The number of H-pyrrole nitrogens is 1. The van der Waals surface area contributed by atoms with E-state index in [2.05, 4.69) is 19.9 Å². The highest BCUT2D eigenvalue weighted by Gasteiger charge is 2.48. The highest BCUT2D eigenvalue weighted by Crippen LogP contribution is 2.41. The molecule has 4 aromatic rings. The molecule has 2 saturated heterocycles. The van der Waals surface area contributed by atoms with Crippen molar-refractivity contribution in [2.75, 3.05) is 13.2 Å². The van der Waals surface area contributed by atoms with Crippen molar-refractivity contribution in [2.24, 2.45) is 0 Å². The molecular weight excluding hydrogens is 523 g/mol. The van der Waals surface area contributed by atoms with Crippen LogP contribution < -0.4 is 9.47 Å². The Hall–Kier alpha value is -2.83. The topological polar surface area (TPSA) is 112 Å². The van der Waals surface area contributed by atoms with Crippen LogP contribution in [-0.2, 0) is 15.9 Å². The number of aryl methyl sites for hydroxylation is 2. The summed E-state index contributed by atoms with van der Waals surface area (Å²) in [4.78, 5) is 16.4. The second kappa shape index (κ2) is 8.88. The molecule has 2 fully saturated rings. The molecule has 1 unspecified atom stereocenters. The Bertz CT molecular complexity index is 1510. The van der Waals surface area contributed by atoms with Crippen LogP contribution in [0, 0.1) is 12.7 Å². The third-order valence-electron chi connectivity index (χ3n) is 7.00. The number of halogens is 2. The Morgan fingerprint density at radius 2 is 2.00 bits per heavy atom. The van der Waals surface area contributed by atoms with Crippen molar-refractivity contribution in [1.29, 1.82) is 0 Å². The van der Waals surface area contributed by atoms with Gasteiger partial charge in [-0.2, -0.15) is 9.97 Å². The molecular formula is C25H22ClFN4O5S. The minimum absolute atomic E-state index is 0.176. The molecule has 9 nitrogen and oxygen atoms in total. The van der Waals surface area contributed by atoms with E-state index in [0.29, 0.717) is 29.6 Å². The Morgan fingerprint density at radius 3 is 2.84 bits per heavy atom. The summed E-state index contributed by atoms with van der Waals surface area (Å²) in [7, 11) is 0. The zero-order chi connectivity index (χ0) is 25.3. The Morgan fingerprint density at radius 1 is 1.14 bits per heavy atom. The first-order chi connectivity index (χ1) is 17.9. The summed E-state index contributed by atoms with van der Waals surface area (Å²) in [6.07, 6.45) is -1.08. The van der Waals surface area contributed by atoms with Crippen LogP contribution in [0.3, 0.4) is 0 Å². The molecule has 0 bridgehead atoms. The molecule has 5 heterocycles. The van der Waals surface area contributed by atoms with Crippen LogP contribution in [0.1, 0.15) is 28.7 Å². The highest BCUT2D eigenvalue weighted by atomic mass is 35.5. The van der Waals surface area contributed by atoms with Gasteiger partial charge in [-0.15, -0.1) is 11.3 Å². The van der Waals surface area contributed by atoms with Crippen molar-refractivity contribution in [3.63, 3.8) is 0 Å². The van der Waals surface area contributed by atoms with E-state index >= 15 is 4.39 Å². The molecule has 3 aromatic heterocycles. The maximum absolute atomic E-state index is 15.2. The summed E-state index contributed by atoms with van der Waals surface area (Å²) in [6.45, 7) is 2.42. The molecule has 0 radical (unpaired) electrons. The normalized spacial score (nSPS) is 26.5. The van der Waals surface area contributed by atoms with E-state index in [1.54, 1.807) is 6.07 Å². The molecule has 0 spiro atoms. The number of nitrogens with one attached hydrogen (secondary N) is 1. The summed E-state index contributed by atoms with van der Waals surface area (Å²) in [5.74, 6) is -0.153. The average Bonchev–Trinajstić information content (AvgIpc) is 3.67. The minimum Gasteiger partial charge on any atom is -0.468 e. The molecule has 1 aromatic carbocycles. The SMILES string of the molecule is Cc1nc(-c2cc(F)c3c(c2)CCC3Oc2nc3nc(O[C@@H]4CO[C@H]5[C@@H]4OC[C@H]5O)[nH]c3cc2Cl)cs1. The first kappa shape index (κ1) is 23.3. The van der Waals surface area contributed by atoms with E-state index in [1.165, 1.54) is 17.4 Å². The van der Waals surface area contributed by atoms with Crippen LogP contribution in [0.15, 0.2) is 23.6 Å². The van der Waals surface area contributed by atoms with E-state index in [4.69, 9.17) is 30.5 Å². The maximum atomic E-state index is 15.2.